The third-order valence-electron chi connectivity index (χ3n) is 3.65. The molecule has 0 radical (unpaired) electrons. The maximum absolute atomic E-state index is 3.64. The van der Waals surface area contributed by atoms with Crippen LogP contribution in [0.1, 0.15) is 43.0 Å². The van der Waals surface area contributed by atoms with E-state index in [0.29, 0.717) is 6.04 Å². The highest BCUT2D eigenvalue weighted by Gasteiger charge is 2.10. The van der Waals surface area contributed by atoms with Crippen LogP contribution in [0.25, 0.3) is 0 Å². The molecule has 2 aromatic rings. The normalized spacial score (nSPS) is 12.2. The van der Waals surface area contributed by atoms with Crippen LogP contribution in [0.2, 0.25) is 0 Å². The predicted octanol–water partition coefficient (Wildman–Crippen LogP) is 5.88. The minimum absolute atomic E-state index is 0.346. The van der Waals surface area contributed by atoms with E-state index < -0.39 is 0 Å². The highest BCUT2D eigenvalue weighted by atomic mass is 79.9. The van der Waals surface area contributed by atoms with Gasteiger partial charge in [-0.15, -0.1) is 0 Å². The summed E-state index contributed by atoms with van der Waals surface area (Å²) in [6.07, 6.45) is 2.15. The molecule has 1 nitrogen and oxygen atoms in total. The Balaban J connectivity index is 2.21. The molecule has 0 saturated carbocycles. The SMILES string of the molecule is CCc1ccc(C(CC)Nc2cc(C)ccc2Br)cc1. The lowest BCUT2D eigenvalue weighted by molar-refractivity contribution is 0.748. The van der Waals surface area contributed by atoms with Gasteiger partial charge in [0, 0.05) is 10.2 Å². The molecular weight excluding hydrogens is 310 g/mol. The Hall–Kier alpha value is -1.28. The lowest BCUT2D eigenvalue weighted by Gasteiger charge is -2.20. The molecule has 2 rings (SSSR count). The molecule has 0 saturated heterocycles. The average Bonchev–Trinajstić information content (AvgIpc) is 2.48. The summed E-state index contributed by atoms with van der Waals surface area (Å²) in [6.45, 7) is 6.53. The molecule has 0 aliphatic heterocycles. The molecule has 2 heteroatoms. The fourth-order valence-corrected chi connectivity index (χ4v) is 2.71. The summed E-state index contributed by atoms with van der Waals surface area (Å²) in [4.78, 5) is 0. The molecule has 0 heterocycles. The van der Waals surface area contributed by atoms with Crippen molar-refractivity contribution in [2.75, 3.05) is 5.32 Å². The fourth-order valence-electron chi connectivity index (χ4n) is 2.34. The van der Waals surface area contributed by atoms with Gasteiger partial charge in [-0.1, -0.05) is 44.2 Å². The zero-order chi connectivity index (χ0) is 14.5. The molecule has 0 amide bonds. The first kappa shape index (κ1) is 15.1. The lowest BCUT2D eigenvalue weighted by atomic mass is 10.0. The number of anilines is 1. The summed E-state index contributed by atoms with van der Waals surface area (Å²) >= 11 is 3.62. The molecule has 20 heavy (non-hydrogen) atoms. The van der Waals surface area contributed by atoms with Crippen LogP contribution in [-0.4, -0.2) is 0 Å². The second-order valence-corrected chi connectivity index (χ2v) is 6.04. The number of hydrogen-bond acceptors (Lipinski definition) is 1. The van der Waals surface area contributed by atoms with Crippen molar-refractivity contribution in [2.24, 2.45) is 0 Å². The van der Waals surface area contributed by atoms with Gasteiger partial charge in [0.25, 0.3) is 0 Å². The second-order valence-electron chi connectivity index (χ2n) is 5.18. The first-order chi connectivity index (χ1) is 9.63. The monoisotopic (exact) mass is 331 g/mol. The van der Waals surface area contributed by atoms with E-state index in [1.807, 2.05) is 0 Å². The van der Waals surface area contributed by atoms with Crippen LogP contribution in [0, 0.1) is 6.92 Å². The van der Waals surface area contributed by atoms with Gasteiger partial charge in [-0.2, -0.15) is 0 Å². The number of benzene rings is 2. The van der Waals surface area contributed by atoms with Crippen molar-refractivity contribution in [3.8, 4) is 0 Å². The Kier molecular flexibility index (Phi) is 5.24. The Bertz CT molecular complexity index is 560. The van der Waals surface area contributed by atoms with Gasteiger partial charge in [0.1, 0.15) is 0 Å². The van der Waals surface area contributed by atoms with E-state index in [1.165, 1.54) is 16.7 Å². The van der Waals surface area contributed by atoms with Gasteiger partial charge in [0.15, 0.2) is 0 Å². The maximum atomic E-state index is 3.64. The van der Waals surface area contributed by atoms with Gasteiger partial charge in [-0.25, -0.2) is 0 Å². The van der Waals surface area contributed by atoms with E-state index >= 15 is 0 Å². The Morgan fingerprint density at radius 2 is 1.75 bits per heavy atom. The van der Waals surface area contributed by atoms with Gasteiger partial charge >= 0.3 is 0 Å². The van der Waals surface area contributed by atoms with E-state index in [4.69, 9.17) is 0 Å². The number of nitrogens with one attached hydrogen (secondary N) is 1. The zero-order valence-electron chi connectivity index (χ0n) is 12.4. The summed E-state index contributed by atoms with van der Waals surface area (Å²) < 4.78 is 1.12. The molecule has 0 aliphatic rings. The van der Waals surface area contributed by atoms with Crippen LogP contribution in [0.15, 0.2) is 46.9 Å². The van der Waals surface area contributed by atoms with Crippen LogP contribution < -0.4 is 5.32 Å². The van der Waals surface area contributed by atoms with Crippen molar-refractivity contribution in [3.05, 3.63) is 63.6 Å². The minimum Gasteiger partial charge on any atom is -0.377 e. The molecule has 1 N–H and O–H groups in total. The summed E-state index contributed by atoms with van der Waals surface area (Å²) in [5.41, 5.74) is 5.17. The number of hydrogen-bond donors (Lipinski definition) is 1. The van der Waals surface area contributed by atoms with E-state index in [1.54, 1.807) is 0 Å². The summed E-state index contributed by atoms with van der Waals surface area (Å²) in [5.74, 6) is 0. The van der Waals surface area contributed by atoms with Crippen molar-refractivity contribution < 1.29 is 0 Å². The van der Waals surface area contributed by atoms with Gasteiger partial charge in [-0.05, 0) is 64.5 Å². The highest BCUT2D eigenvalue weighted by Crippen LogP contribution is 2.29. The van der Waals surface area contributed by atoms with Crippen molar-refractivity contribution in [3.63, 3.8) is 0 Å². The van der Waals surface area contributed by atoms with E-state index in [9.17, 15) is 0 Å². The molecule has 1 unspecified atom stereocenters. The highest BCUT2D eigenvalue weighted by molar-refractivity contribution is 9.10. The molecule has 106 valence electrons. The molecule has 1 atom stereocenters. The van der Waals surface area contributed by atoms with Crippen molar-refractivity contribution in [1.29, 1.82) is 0 Å². The predicted molar refractivity (Wildman–Crippen MR) is 91.4 cm³/mol. The first-order valence-corrected chi connectivity index (χ1v) is 8.04. The minimum atomic E-state index is 0.346. The number of halogens is 1. The third-order valence-corrected chi connectivity index (χ3v) is 4.34. The van der Waals surface area contributed by atoms with Crippen LogP contribution in [0.5, 0.6) is 0 Å². The van der Waals surface area contributed by atoms with Crippen LogP contribution >= 0.6 is 15.9 Å². The Labute approximate surface area is 130 Å². The molecule has 0 spiro atoms. The average molecular weight is 332 g/mol. The van der Waals surface area contributed by atoms with Gasteiger partial charge in [0.2, 0.25) is 0 Å². The van der Waals surface area contributed by atoms with Gasteiger partial charge < -0.3 is 5.32 Å². The summed E-state index contributed by atoms with van der Waals surface area (Å²) in [6, 6.07) is 15.7. The second kappa shape index (κ2) is 6.94. The number of aryl methyl sites for hydroxylation is 2. The van der Waals surface area contributed by atoms with Gasteiger partial charge in [-0.3, -0.25) is 0 Å². The zero-order valence-corrected chi connectivity index (χ0v) is 14.0. The van der Waals surface area contributed by atoms with Crippen molar-refractivity contribution in [2.45, 2.75) is 39.7 Å². The lowest BCUT2D eigenvalue weighted by Crippen LogP contribution is -2.10. The first-order valence-electron chi connectivity index (χ1n) is 7.25. The molecule has 0 aliphatic carbocycles. The van der Waals surface area contributed by atoms with E-state index in [-0.39, 0.29) is 0 Å². The quantitative estimate of drug-likeness (QED) is 0.720. The molecule has 2 aromatic carbocycles. The van der Waals surface area contributed by atoms with Crippen molar-refractivity contribution >= 4 is 21.6 Å². The van der Waals surface area contributed by atoms with E-state index in [2.05, 4.69) is 84.5 Å². The Morgan fingerprint density at radius 3 is 2.35 bits per heavy atom. The molecule has 0 fully saturated rings. The largest absolute Gasteiger partial charge is 0.377 e. The van der Waals surface area contributed by atoms with Gasteiger partial charge in [0.05, 0.1) is 6.04 Å². The summed E-state index contributed by atoms with van der Waals surface area (Å²) in [7, 11) is 0. The molecule has 0 aromatic heterocycles. The smallest absolute Gasteiger partial charge is 0.0511 e. The van der Waals surface area contributed by atoms with Crippen LogP contribution in [0.4, 0.5) is 5.69 Å². The van der Waals surface area contributed by atoms with Crippen LogP contribution in [-0.2, 0) is 6.42 Å². The molecular formula is C18H22BrN. The summed E-state index contributed by atoms with van der Waals surface area (Å²) in [5, 5.41) is 3.64. The van der Waals surface area contributed by atoms with E-state index in [0.717, 1.165) is 23.0 Å². The fraction of sp³-hybridized carbons (Fsp3) is 0.333. The Morgan fingerprint density at radius 1 is 1.05 bits per heavy atom. The standard InChI is InChI=1S/C18H22BrN/c1-4-14-7-9-15(10-8-14)17(5-2)20-18-12-13(3)6-11-16(18)19/h6-12,17,20H,4-5H2,1-3H3. The maximum Gasteiger partial charge on any atom is 0.0511 e. The topological polar surface area (TPSA) is 12.0 Å². The number of rotatable bonds is 5. The molecule has 0 bridgehead atoms. The van der Waals surface area contributed by atoms with Crippen LogP contribution in [0.3, 0.4) is 0 Å². The van der Waals surface area contributed by atoms with Crippen molar-refractivity contribution in [1.82, 2.24) is 0 Å². The third kappa shape index (κ3) is 3.63.